The van der Waals surface area contributed by atoms with Crippen molar-refractivity contribution in [1.82, 2.24) is 5.32 Å². The van der Waals surface area contributed by atoms with Crippen LogP contribution in [0.2, 0.25) is 0 Å². The molecular weight excluding hydrogens is 222 g/mol. The Labute approximate surface area is 98.0 Å². The highest BCUT2D eigenvalue weighted by Gasteiger charge is 2.14. The van der Waals surface area contributed by atoms with Crippen molar-refractivity contribution in [2.75, 3.05) is 7.05 Å². The molecule has 0 aliphatic rings. The van der Waals surface area contributed by atoms with Crippen LogP contribution in [0.3, 0.4) is 0 Å². The van der Waals surface area contributed by atoms with E-state index in [2.05, 4.69) is 5.32 Å². The van der Waals surface area contributed by atoms with E-state index in [0.29, 0.717) is 11.3 Å². The third-order valence-corrected chi connectivity index (χ3v) is 2.55. The number of rotatable bonds is 2. The summed E-state index contributed by atoms with van der Waals surface area (Å²) in [5.41, 5.74) is 1.18. The molecule has 2 aromatic rings. The summed E-state index contributed by atoms with van der Waals surface area (Å²) in [4.78, 5) is 11.0. The average Bonchev–Trinajstić information content (AvgIpc) is 2.64. The van der Waals surface area contributed by atoms with E-state index in [-0.39, 0.29) is 12.4 Å². The molecular formula is C12H13NO4. The van der Waals surface area contributed by atoms with Crippen LogP contribution < -0.4 is 5.32 Å². The summed E-state index contributed by atoms with van der Waals surface area (Å²) in [7, 11) is 1.49. The number of para-hydroxylation sites is 1. The fraction of sp³-hybridized carbons (Fsp3) is 0.250. The number of furan rings is 1. The first kappa shape index (κ1) is 11.3. The second kappa shape index (κ2) is 4.37. The predicted octanol–water partition coefficient (Wildman–Crippen LogP) is 2.30. The van der Waals surface area contributed by atoms with Gasteiger partial charge in [-0.15, -0.1) is 0 Å². The van der Waals surface area contributed by atoms with Crippen LogP contribution in [-0.4, -0.2) is 18.2 Å². The van der Waals surface area contributed by atoms with Crippen molar-refractivity contribution >= 4 is 17.1 Å². The van der Waals surface area contributed by atoms with Crippen LogP contribution in [0.1, 0.15) is 11.3 Å². The van der Waals surface area contributed by atoms with Crippen LogP contribution in [0.25, 0.3) is 11.0 Å². The van der Waals surface area contributed by atoms with Crippen molar-refractivity contribution in [1.29, 1.82) is 0 Å². The van der Waals surface area contributed by atoms with Gasteiger partial charge >= 0.3 is 6.09 Å². The summed E-state index contributed by atoms with van der Waals surface area (Å²) in [6, 6.07) is 5.08. The first-order chi connectivity index (χ1) is 8.13. The van der Waals surface area contributed by atoms with Crippen LogP contribution in [0.4, 0.5) is 4.79 Å². The Morgan fingerprint density at radius 3 is 3.00 bits per heavy atom. The van der Waals surface area contributed by atoms with Gasteiger partial charge in [0.2, 0.25) is 0 Å². The molecule has 2 N–H and O–H groups in total. The number of carbonyl (C=O) groups excluding carboxylic acids is 1. The standard InChI is InChI=1S/C12H13NO4/c1-7-9(6-16-12(15)13-2)8-4-3-5-10(14)11(8)17-7/h3-5,14H,6H2,1-2H3,(H,13,15). The fourth-order valence-corrected chi connectivity index (χ4v) is 1.66. The minimum atomic E-state index is -0.501. The number of nitrogens with one attached hydrogen (secondary N) is 1. The second-order valence-corrected chi connectivity index (χ2v) is 3.62. The molecule has 0 unspecified atom stereocenters. The first-order valence-corrected chi connectivity index (χ1v) is 5.18. The second-order valence-electron chi connectivity index (χ2n) is 3.62. The number of hydrogen-bond acceptors (Lipinski definition) is 4. The molecule has 90 valence electrons. The summed E-state index contributed by atoms with van der Waals surface area (Å²) in [6.07, 6.45) is -0.501. The molecule has 0 atom stereocenters. The van der Waals surface area contributed by atoms with E-state index in [1.54, 1.807) is 19.1 Å². The van der Waals surface area contributed by atoms with Crippen molar-refractivity contribution in [3.8, 4) is 5.75 Å². The lowest BCUT2D eigenvalue weighted by atomic mass is 10.1. The average molecular weight is 235 g/mol. The van der Waals surface area contributed by atoms with E-state index in [1.807, 2.05) is 6.07 Å². The number of fused-ring (bicyclic) bond motifs is 1. The van der Waals surface area contributed by atoms with Crippen LogP contribution >= 0.6 is 0 Å². The number of benzene rings is 1. The number of hydrogen-bond donors (Lipinski definition) is 2. The number of amides is 1. The summed E-state index contributed by atoms with van der Waals surface area (Å²) in [6.45, 7) is 1.88. The van der Waals surface area contributed by atoms with Gasteiger partial charge in [-0.3, -0.25) is 0 Å². The molecule has 0 saturated carbocycles. The Bertz CT molecular complexity index is 559. The molecule has 5 heteroatoms. The van der Waals surface area contributed by atoms with Gasteiger partial charge < -0.3 is 19.6 Å². The van der Waals surface area contributed by atoms with E-state index in [0.717, 1.165) is 10.9 Å². The van der Waals surface area contributed by atoms with Gasteiger partial charge in [-0.05, 0) is 13.0 Å². The van der Waals surface area contributed by atoms with Crippen molar-refractivity contribution in [3.63, 3.8) is 0 Å². The lowest BCUT2D eigenvalue weighted by Gasteiger charge is -2.02. The van der Waals surface area contributed by atoms with Gasteiger partial charge in [0.25, 0.3) is 0 Å². The molecule has 1 amide bonds. The zero-order chi connectivity index (χ0) is 12.4. The number of phenols is 1. The quantitative estimate of drug-likeness (QED) is 0.837. The minimum absolute atomic E-state index is 0.0804. The number of aromatic hydroxyl groups is 1. The molecule has 1 aromatic carbocycles. The maximum atomic E-state index is 11.0. The Balaban J connectivity index is 2.37. The molecule has 0 aliphatic carbocycles. The normalized spacial score (nSPS) is 10.5. The van der Waals surface area contributed by atoms with E-state index in [4.69, 9.17) is 9.15 Å². The Kier molecular flexibility index (Phi) is 2.91. The molecule has 0 fully saturated rings. The monoisotopic (exact) mass is 235 g/mol. The van der Waals surface area contributed by atoms with Crippen LogP contribution in [0, 0.1) is 6.92 Å². The third kappa shape index (κ3) is 2.04. The van der Waals surface area contributed by atoms with Crippen LogP contribution in [-0.2, 0) is 11.3 Å². The highest BCUT2D eigenvalue weighted by Crippen LogP contribution is 2.31. The van der Waals surface area contributed by atoms with Gasteiger partial charge in [0.15, 0.2) is 11.3 Å². The topological polar surface area (TPSA) is 71.7 Å². The zero-order valence-corrected chi connectivity index (χ0v) is 9.61. The molecule has 1 aromatic heterocycles. The molecule has 2 rings (SSSR count). The molecule has 0 spiro atoms. The third-order valence-electron chi connectivity index (χ3n) is 2.55. The molecule has 17 heavy (non-hydrogen) atoms. The Morgan fingerprint density at radius 1 is 1.53 bits per heavy atom. The number of phenolic OH excluding ortho intramolecular Hbond substituents is 1. The smallest absolute Gasteiger partial charge is 0.407 e. The van der Waals surface area contributed by atoms with E-state index < -0.39 is 6.09 Å². The number of ether oxygens (including phenoxy) is 1. The van der Waals surface area contributed by atoms with Gasteiger partial charge in [0.05, 0.1) is 0 Å². The SMILES string of the molecule is CNC(=O)OCc1c(C)oc2c(O)cccc12. The van der Waals surface area contributed by atoms with Crippen LogP contribution in [0.15, 0.2) is 22.6 Å². The molecule has 0 bridgehead atoms. The summed E-state index contributed by atoms with van der Waals surface area (Å²) in [5, 5.41) is 12.7. The van der Waals surface area contributed by atoms with Gasteiger partial charge in [-0.1, -0.05) is 12.1 Å². The lowest BCUT2D eigenvalue weighted by Crippen LogP contribution is -2.18. The summed E-state index contributed by atoms with van der Waals surface area (Å²) >= 11 is 0. The largest absolute Gasteiger partial charge is 0.504 e. The lowest BCUT2D eigenvalue weighted by molar-refractivity contribution is 0.142. The van der Waals surface area contributed by atoms with E-state index in [1.165, 1.54) is 7.05 Å². The minimum Gasteiger partial charge on any atom is -0.504 e. The van der Waals surface area contributed by atoms with E-state index >= 15 is 0 Å². The van der Waals surface area contributed by atoms with Gasteiger partial charge in [-0.2, -0.15) is 0 Å². The maximum Gasteiger partial charge on any atom is 0.407 e. The molecule has 0 saturated heterocycles. The van der Waals surface area contributed by atoms with Crippen molar-refractivity contribution in [3.05, 3.63) is 29.5 Å². The fourth-order valence-electron chi connectivity index (χ4n) is 1.66. The molecule has 1 heterocycles. The Hall–Kier alpha value is -2.17. The van der Waals surface area contributed by atoms with Crippen molar-refractivity contribution in [2.45, 2.75) is 13.5 Å². The Morgan fingerprint density at radius 2 is 2.29 bits per heavy atom. The molecule has 0 aliphatic heterocycles. The van der Waals surface area contributed by atoms with Gasteiger partial charge in [-0.25, -0.2) is 4.79 Å². The van der Waals surface area contributed by atoms with Crippen LogP contribution in [0.5, 0.6) is 5.75 Å². The predicted molar refractivity (Wildman–Crippen MR) is 61.9 cm³/mol. The summed E-state index contributed by atoms with van der Waals surface area (Å²) < 4.78 is 10.4. The summed E-state index contributed by atoms with van der Waals surface area (Å²) in [5.74, 6) is 0.710. The first-order valence-electron chi connectivity index (χ1n) is 5.18. The number of alkyl carbamates (subject to hydrolysis) is 1. The van der Waals surface area contributed by atoms with Crippen molar-refractivity contribution in [2.24, 2.45) is 0 Å². The van der Waals surface area contributed by atoms with E-state index in [9.17, 15) is 9.90 Å². The van der Waals surface area contributed by atoms with Gasteiger partial charge in [0.1, 0.15) is 12.4 Å². The highest BCUT2D eigenvalue weighted by atomic mass is 16.5. The van der Waals surface area contributed by atoms with Crippen molar-refractivity contribution < 1.29 is 19.1 Å². The van der Waals surface area contributed by atoms with Gasteiger partial charge in [0, 0.05) is 18.0 Å². The maximum absolute atomic E-state index is 11.0. The number of aryl methyl sites for hydroxylation is 1. The molecule has 0 radical (unpaired) electrons. The number of carbonyl (C=O) groups is 1. The highest BCUT2D eigenvalue weighted by molar-refractivity contribution is 5.87. The molecule has 5 nitrogen and oxygen atoms in total. The zero-order valence-electron chi connectivity index (χ0n) is 9.61.